The Balaban J connectivity index is 1.93. The Morgan fingerprint density at radius 2 is 2.10 bits per heavy atom. The Morgan fingerprint density at radius 1 is 1.38 bits per heavy atom. The van der Waals surface area contributed by atoms with Crippen molar-refractivity contribution in [2.45, 2.75) is 13.3 Å². The lowest BCUT2D eigenvalue weighted by Crippen LogP contribution is -2.47. The van der Waals surface area contributed by atoms with E-state index in [9.17, 15) is 14.0 Å². The molecule has 1 aliphatic rings. The summed E-state index contributed by atoms with van der Waals surface area (Å²) in [5.74, 6) is -2.15. The number of carboxylic acid groups (broad SMARTS) is 1. The normalized spacial score (nSPS) is 21.9. The molecule has 0 saturated carbocycles. The van der Waals surface area contributed by atoms with Gasteiger partial charge in [0.05, 0.1) is 5.92 Å². The van der Waals surface area contributed by atoms with Crippen LogP contribution in [0.25, 0.3) is 0 Å². The van der Waals surface area contributed by atoms with E-state index in [1.807, 2.05) is 6.92 Å². The molecule has 2 atom stereocenters. The standard InChI is InChI=1S/C15H18FNO4/c1-10-6-11(15(19)20)8-17(7-10)14(18)9-21-13-5-3-2-4-12(13)16/h2-5,10-11H,6-9H2,1H3,(H,19,20). The van der Waals surface area contributed by atoms with Crippen molar-refractivity contribution in [1.29, 1.82) is 0 Å². The summed E-state index contributed by atoms with van der Waals surface area (Å²) in [7, 11) is 0. The second-order valence-corrected chi connectivity index (χ2v) is 5.39. The molecule has 1 amide bonds. The van der Waals surface area contributed by atoms with Gasteiger partial charge < -0.3 is 14.7 Å². The Hall–Kier alpha value is -2.11. The van der Waals surface area contributed by atoms with Gasteiger partial charge in [0.1, 0.15) is 0 Å². The van der Waals surface area contributed by atoms with Crippen molar-refractivity contribution >= 4 is 11.9 Å². The van der Waals surface area contributed by atoms with Gasteiger partial charge in [0.15, 0.2) is 18.2 Å². The number of carboxylic acids is 1. The molecule has 2 rings (SSSR count). The largest absolute Gasteiger partial charge is 0.481 e. The molecule has 0 spiro atoms. The molecule has 1 saturated heterocycles. The van der Waals surface area contributed by atoms with Gasteiger partial charge >= 0.3 is 5.97 Å². The van der Waals surface area contributed by atoms with Crippen LogP contribution in [0.15, 0.2) is 24.3 Å². The lowest BCUT2D eigenvalue weighted by Gasteiger charge is -2.34. The number of halogens is 1. The molecule has 2 unspecified atom stereocenters. The van der Waals surface area contributed by atoms with Crippen molar-refractivity contribution in [1.82, 2.24) is 4.90 Å². The van der Waals surface area contributed by atoms with Crippen LogP contribution >= 0.6 is 0 Å². The topological polar surface area (TPSA) is 66.8 Å². The number of carbonyl (C=O) groups excluding carboxylic acids is 1. The SMILES string of the molecule is CC1CC(C(=O)O)CN(C(=O)COc2ccccc2F)C1. The molecule has 21 heavy (non-hydrogen) atoms. The van der Waals surface area contributed by atoms with Gasteiger partial charge in [0.2, 0.25) is 0 Å². The molecule has 6 heteroatoms. The number of aliphatic carboxylic acids is 1. The Kier molecular flexibility index (Phi) is 4.77. The zero-order valence-corrected chi connectivity index (χ0v) is 11.8. The zero-order chi connectivity index (χ0) is 15.4. The third-order valence-corrected chi connectivity index (χ3v) is 3.55. The molecule has 5 nitrogen and oxygen atoms in total. The van der Waals surface area contributed by atoms with Gasteiger partial charge in [0.25, 0.3) is 5.91 Å². The molecule has 1 N–H and O–H groups in total. The van der Waals surface area contributed by atoms with Crippen molar-refractivity contribution in [2.75, 3.05) is 19.7 Å². The number of para-hydroxylation sites is 1. The summed E-state index contributed by atoms with van der Waals surface area (Å²) >= 11 is 0. The predicted molar refractivity (Wildman–Crippen MR) is 73.4 cm³/mol. The first-order valence-electron chi connectivity index (χ1n) is 6.85. The zero-order valence-electron chi connectivity index (χ0n) is 11.8. The van der Waals surface area contributed by atoms with Crippen LogP contribution < -0.4 is 4.74 Å². The number of amides is 1. The second kappa shape index (κ2) is 6.56. The van der Waals surface area contributed by atoms with E-state index >= 15 is 0 Å². The van der Waals surface area contributed by atoms with Gasteiger partial charge in [-0.25, -0.2) is 4.39 Å². The summed E-state index contributed by atoms with van der Waals surface area (Å²) in [4.78, 5) is 24.6. The summed E-state index contributed by atoms with van der Waals surface area (Å²) in [6, 6.07) is 5.85. The highest BCUT2D eigenvalue weighted by molar-refractivity contribution is 5.79. The molecule has 0 aliphatic carbocycles. The van der Waals surface area contributed by atoms with Crippen LogP contribution in [-0.2, 0) is 9.59 Å². The highest BCUT2D eigenvalue weighted by Gasteiger charge is 2.31. The highest BCUT2D eigenvalue weighted by atomic mass is 19.1. The van der Waals surface area contributed by atoms with Gasteiger partial charge in [-0.3, -0.25) is 9.59 Å². The summed E-state index contributed by atoms with van der Waals surface area (Å²) in [5.41, 5.74) is 0. The van der Waals surface area contributed by atoms with Crippen LogP contribution in [0, 0.1) is 17.7 Å². The van der Waals surface area contributed by atoms with Crippen molar-refractivity contribution < 1.29 is 23.8 Å². The minimum atomic E-state index is -0.894. The van der Waals surface area contributed by atoms with Crippen LogP contribution in [0.4, 0.5) is 4.39 Å². The number of hydrogen-bond acceptors (Lipinski definition) is 3. The van der Waals surface area contributed by atoms with Gasteiger partial charge in [0, 0.05) is 13.1 Å². The van der Waals surface area contributed by atoms with E-state index in [-0.39, 0.29) is 30.7 Å². The lowest BCUT2D eigenvalue weighted by molar-refractivity contribution is -0.147. The monoisotopic (exact) mass is 295 g/mol. The second-order valence-electron chi connectivity index (χ2n) is 5.39. The molecule has 114 valence electrons. The summed E-state index contributed by atoms with van der Waals surface area (Å²) in [6.07, 6.45) is 0.563. The Bertz CT molecular complexity index is 534. The quantitative estimate of drug-likeness (QED) is 0.919. The Morgan fingerprint density at radius 3 is 2.76 bits per heavy atom. The highest BCUT2D eigenvalue weighted by Crippen LogP contribution is 2.22. The van der Waals surface area contributed by atoms with E-state index < -0.39 is 17.7 Å². The molecule has 1 aromatic rings. The number of hydrogen-bond donors (Lipinski definition) is 1. The van der Waals surface area contributed by atoms with E-state index in [0.717, 1.165) is 0 Å². The Labute approximate surface area is 122 Å². The van der Waals surface area contributed by atoms with Gasteiger partial charge in [-0.1, -0.05) is 19.1 Å². The van der Waals surface area contributed by atoms with Crippen LogP contribution in [0.5, 0.6) is 5.75 Å². The van der Waals surface area contributed by atoms with Gasteiger partial charge in [-0.05, 0) is 24.5 Å². The van der Waals surface area contributed by atoms with Crippen molar-refractivity contribution in [3.05, 3.63) is 30.1 Å². The fourth-order valence-electron chi connectivity index (χ4n) is 2.53. The van der Waals surface area contributed by atoms with Crippen LogP contribution in [0.2, 0.25) is 0 Å². The summed E-state index contributed by atoms with van der Waals surface area (Å²) < 4.78 is 18.6. The van der Waals surface area contributed by atoms with E-state index in [0.29, 0.717) is 13.0 Å². The molecule has 1 fully saturated rings. The maximum atomic E-state index is 13.4. The fraction of sp³-hybridized carbons (Fsp3) is 0.467. The van der Waals surface area contributed by atoms with E-state index in [1.165, 1.54) is 23.1 Å². The van der Waals surface area contributed by atoms with Crippen molar-refractivity contribution in [3.63, 3.8) is 0 Å². The van der Waals surface area contributed by atoms with E-state index in [1.54, 1.807) is 6.07 Å². The van der Waals surface area contributed by atoms with Gasteiger partial charge in [-0.2, -0.15) is 0 Å². The average Bonchev–Trinajstić information content (AvgIpc) is 2.45. The van der Waals surface area contributed by atoms with Crippen molar-refractivity contribution in [2.24, 2.45) is 11.8 Å². The van der Waals surface area contributed by atoms with Crippen LogP contribution in [0.3, 0.4) is 0 Å². The number of rotatable bonds is 4. The van der Waals surface area contributed by atoms with Crippen LogP contribution in [0.1, 0.15) is 13.3 Å². The molecule has 1 aliphatic heterocycles. The predicted octanol–water partition coefficient (Wildman–Crippen LogP) is 1.77. The number of ether oxygens (including phenoxy) is 1. The third-order valence-electron chi connectivity index (χ3n) is 3.55. The van der Waals surface area contributed by atoms with Crippen LogP contribution in [-0.4, -0.2) is 41.6 Å². The minimum absolute atomic E-state index is 0.0192. The smallest absolute Gasteiger partial charge is 0.308 e. The fourth-order valence-corrected chi connectivity index (χ4v) is 2.53. The number of likely N-dealkylation sites (tertiary alicyclic amines) is 1. The third kappa shape index (κ3) is 3.93. The lowest BCUT2D eigenvalue weighted by atomic mass is 9.90. The molecular weight excluding hydrogens is 277 g/mol. The molecule has 0 aromatic heterocycles. The maximum absolute atomic E-state index is 13.4. The van der Waals surface area contributed by atoms with Gasteiger partial charge in [-0.15, -0.1) is 0 Å². The summed E-state index contributed by atoms with van der Waals surface area (Å²) in [6.45, 7) is 2.30. The van der Waals surface area contributed by atoms with Crippen molar-refractivity contribution in [3.8, 4) is 5.75 Å². The first-order chi connectivity index (χ1) is 9.97. The molecular formula is C15H18FNO4. The summed E-state index contributed by atoms with van der Waals surface area (Å²) in [5, 5.41) is 9.08. The number of piperidine rings is 1. The minimum Gasteiger partial charge on any atom is -0.481 e. The number of nitrogens with zero attached hydrogens (tertiary/aromatic N) is 1. The first kappa shape index (κ1) is 15.3. The molecule has 1 aromatic carbocycles. The van der Waals surface area contributed by atoms with E-state index in [4.69, 9.17) is 9.84 Å². The average molecular weight is 295 g/mol. The number of benzene rings is 1. The van der Waals surface area contributed by atoms with E-state index in [2.05, 4.69) is 0 Å². The number of carbonyl (C=O) groups is 2. The first-order valence-corrected chi connectivity index (χ1v) is 6.85. The molecule has 1 heterocycles. The maximum Gasteiger partial charge on any atom is 0.308 e. The molecule has 0 radical (unpaired) electrons. The molecule has 0 bridgehead atoms.